The van der Waals surface area contributed by atoms with Gasteiger partial charge in [0.05, 0.1) is 16.6 Å². The van der Waals surface area contributed by atoms with Crippen LogP contribution in [0.4, 0.5) is 0 Å². The molecule has 0 fully saturated rings. The van der Waals surface area contributed by atoms with Gasteiger partial charge in [-0.15, -0.1) is 0 Å². The topological polar surface area (TPSA) is 51.4 Å². The Morgan fingerprint density at radius 2 is 1.16 bits per heavy atom. The number of nitrogens with zero attached hydrogens (tertiary/aromatic N) is 4. The van der Waals surface area contributed by atoms with Gasteiger partial charge in [-0.3, -0.25) is 14.2 Å². The molecule has 5 heterocycles. The molecule has 5 nitrogen and oxygen atoms in total. The first kappa shape index (κ1) is 32.0. The summed E-state index contributed by atoms with van der Waals surface area (Å²) in [6.45, 7) is 8.90. The van der Waals surface area contributed by atoms with Gasteiger partial charge in [-0.1, -0.05) is 130 Å². The van der Waals surface area contributed by atoms with Crippen molar-refractivity contribution in [2.24, 2.45) is 0 Å². The van der Waals surface area contributed by atoms with Crippen molar-refractivity contribution < 1.29 is 0 Å². The fourth-order valence-electron chi connectivity index (χ4n) is 9.36. The molecule has 264 valence electrons. The second-order valence-electron chi connectivity index (χ2n) is 16.1. The highest BCUT2D eigenvalue weighted by molar-refractivity contribution is 7.22. The minimum atomic E-state index is -3.01. The maximum atomic E-state index is 5.92. The molecule has 0 unspecified atom stereocenters. The molecule has 4 aromatic heterocycles. The third-order valence-corrected chi connectivity index (χ3v) is 16.6. The molecule has 0 spiro atoms. The molecule has 0 bridgehead atoms. The van der Waals surface area contributed by atoms with E-state index in [-0.39, 0.29) is 5.41 Å². The van der Waals surface area contributed by atoms with Crippen molar-refractivity contribution in [1.82, 2.24) is 24.3 Å². The van der Waals surface area contributed by atoms with Gasteiger partial charge in [-0.25, -0.2) is 4.98 Å². The lowest BCUT2D eigenvalue weighted by atomic mass is 9.87. The quantitative estimate of drug-likeness (QED) is 0.184. The highest BCUT2D eigenvalue weighted by atomic mass is 28.3. The maximum absolute atomic E-state index is 5.92. The first-order valence-corrected chi connectivity index (χ1v) is 21.1. The van der Waals surface area contributed by atoms with Gasteiger partial charge >= 0.3 is 0 Å². The Morgan fingerprint density at radius 3 is 1.85 bits per heavy atom. The molecule has 0 saturated carbocycles. The van der Waals surface area contributed by atoms with Gasteiger partial charge in [0.1, 0.15) is 5.65 Å². The Morgan fingerprint density at radius 1 is 0.545 bits per heavy atom. The summed E-state index contributed by atoms with van der Waals surface area (Å²) in [4.78, 5) is 5.92. The number of para-hydroxylation sites is 2. The third-order valence-electron chi connectivity index (χ3n) is 11.9. The second-order valence-corrected chi connectivity index (χ2v) is 19.7. The molecule has 1 N–H and O–H groups in total. The minimum Gasteiger partial charge on any atom is -0.294 e. The zero-order valence-corrected chi connectivity index (χ0v) is 32.3. The van der Waals surface area contributed by atoms with Crippen molar-refractivity contribution in [3.63, 3.8) is 0 Å². The van der Waals surface area contributed by atoms with Crippen LogP contribution in [0.2, 0.25) is 0 Å². The van der Waals surface area contributed by atoms with E-state index in [1.807, 2.05) is 0 Å². The van der Waals surface area contributed by atoms with Crippen molar-refractivity contribution >= 4 is 72.7 Å². The van der Waals surface area contributed by atoms with Gasteiger partial charge < -0.3 is 0 Å². The van der Waals surface area contributed by atoms with E-state index >= 15 is 0 Å². The van der Waals surface area contributed by atoms with E-state index in [0.717, 1.165) is 50.1 Å². The van der Waals surface area contributed by atoms with Crippen LogP contribution >= 0.6 is 0 Å². The summed E-state index contributed by atoms with van der Waals surface area (Å²) in [6, 6.07) is 58.6. The van der Waals surface area contributed by atoms with E-state index in [2.05, 4.69) is 200 Å². The Kier molecular flexibility index (Phi) is 6.68. The number of aryl methyl sites for hydroxylation is 1. The lowest BCUT2D eigenvalue weighted by Gasteiger charge is -2.30. The second kappa shape index (κ2) is 11.5. The number of fused-ring (bicyclic) bond motifs is 9. The predicted octanol–water partition coefficient (Wildman–Crippen LogP) is 8.96. The number of aromatic nitrogens is 5. The number of hydrogen-bond acceptors (Lipinski definition) is 2. The number of hydrogen-bond donors (Lipinski definition) is 1. The molecule has 0 radical (unpaired) electrons. The van der Waals surface area contributed by atoms with Crippen LogP contribution in [0.25, 0.3) is 66.4 Å². The molecule has 11 rings (SSSR count). The van der Waals surface area contributed by atoms with E-state index in [4.69, 9.17) is 10.1 Å². The molecule has 1 aliphatic rings. The summed E-state index contributed by atoms with van der Waals surface area (Å²) in [6.07, 6.45) is 0. The van der Waals surface area contributed by atoms with Crippen molar-refractivity contribution in [2.75, 3.05) is 0 Å². The highest BCUT2D eigenvalue weighted by Crippen LogP contribution is 2.36. The van der Waals surface area contributed by atoms with E-state index in [1.54, 1.807) is 0 Å². The molecular weight excluding hydrogens is 687 g/mol. The lowest BCUT2D eigenvalue weighted by Crippen LogP contribution is -2.73. The van der Waals surface area contributed by atoms with Crippen molar-refractivity contribution in [1.29, 1.82) is 0 Å². The van der Waals surface area contributed by atoms with Gasteiger partial charge in [0, 0.05) is 44.3 Å². The van der Waals surface area contributed by atoms with Crippen LogP contribution in [0.3, 0.4) is 0 Å². The normalized spacial score (nSPS) is 13.6. The molecule has 0 atom stereocenters. The summed E-state index contributed by atoms with van der Waals surface area (Å²) in [5, 5.41) is 18.0. The zero-order chi connectivity index (χ0) is 37.1. The molecule has 0 amide bonds. The SMILES string of the molecule is Cc1cc(-n2c3ccccc3c3ccc([Si]4(c5ccc6c7ccccc7n(-c7cccc(C(C)(C)C)c7)c6n5)c5ccccc5-c5ccccc54)cc32)n[nH]1. The number of benzene rings is 6. The number of rotatable bonds is 4. The molecule has 1 aliphatic heterocycles. The average molecular weight is 726 g/mol. The van der Waals surface area contributed by atoms with Crippen molar-refractivity contribution in [3.05, 3.63) is 169 Å². The molecule has 0 saturated heterocycles. The number of nitrogens with one attached hydrogen (secondary N) is 1. The molecule has 6 heteroatoms. The summed E-state index contributed by atoms with van der Waals surface area (Å²) in [7, 11) is -3.01. The van der Waals surface area contributed by atoms with Crippen LogP contribution < -0.4 is 20.9 Å². The standard InChI is InChI=1S/C49H39N5Si/c1-31-28-46(52-51-31)54-42-21-10-5-16-35(42)37-25-24-34(30-43(37)54)55(44-22-11-7-18-38(44)39-19-8-12-23-45(39)55)47-27-26-40-36-17-6-9-20-41(36)53(48(40)50-47)33-15-13-14-32(29-33)49(2,3)4/h5-30H,1-4H3,(H,51,52). The van der Waals surface area contributed by atoms with Crippen LogP contribution in [0, 0.1) is 6.92 Å². The smallest absolute Gasteiger partial charge is 0.203 e. The molecule has 55 heavy (non-hydrogen) atoms. The third kappa shape index (κ3) is 4.46. The highest BCUT2D eigenvalue weighted by Gasteiger charge is 2.50. The molecule has 10 aromatic rings. The summed E-state index contributed by atoms with van der Waals surface area (Å²) >= 11 is 0. The molecule has 6 aromatic carbocycles. The van der Waals surface area contributed by atoms with Crippen molar-refractivity contribution in [3.8, 4) is 22.6 Å². The minimum absolute atomic E-state index is 0.0112. The van der Waals surface area contributed by atoms with Crippen LogP contribution in [-0.4, -0.2) is 32.4 Å². The van der Waals surface area contributed by atoms with Crippen LogP contribution in [-0.2, 0) is 5.41 Å². The monoisotopic (exact) mass is 725 g/mol. The van der Waals surface area contributed by atoms with Gasteiger partial charge in [0.25, 0.3) is 0 Å². The van der Waals surface area contributed by atoms with E-state index in [9.17, 15) is 0 Å². The largest absolute Gasteiger partial charge is 0.294 e. The van der Waals surface area contributed by atoms with Gasteiger partial charge in [0.2, 0.25) is 8.07 Å². The number of pyridine rings is 1. The fourth-order valence-corrected chi connectivity index (χ4v) is 14.3. The summed E-state index contributed by atoms with van der Waals surface area (Å²) in [5.41, 5.74) is 10.5. The van der Waals surface area contributed by atoms with E-state index in [0.29, 0.717) is 0 Å². The molecular formula is C49H39N5Si. The van der Waals surface area contributed by atoms with E-state index in [1.165, 1.54) is 48.4 Å². The number of aromatic amines is 1. The van der Waals surface area contributed by atoms with E-state index < -0.39 is 8.07 Å². The Labute approximate surface area is 320 Å². The first-order chi connectivity index (χ1) is 26.8. The Balaban J connectivity index is 1.27. The summed E-state index contributed by atoms with van der Waals surface area (Å²) in [5.74, 6) is 0.894. The average Bonchev–Trinajstić information content (AvgIpc) is 3.95. The van der Waals surface area contributed by atoms with Crippen molar-refractivity contribution in [2.45, 2.75) is 33.1 Å². The lowest BCUT2D eigenvalue weighted by molar-refractivity contribution is 0.590. The van der Waals surface area contributed by atoms with Gasteiger partial charge in [-0.2, -0.15) is 5.10 Å². The predicted molar refractivity (Wildman–Crippen MR) is 231 cm³/mol. The zero-order valence-electron chi connectivity index (χ0n) is 31.3. The van der Waals surface area contributed by atoms with Gasteiger partial charge in [0.15, 0.2) is 5.82 Å². The maximum Gasteiger partial charge on any atom is 0.203 e. The summed E-state index contributed by atoms with van der Waals surface area (Å²) < 4.78 is 4.71. The van der Waals surface area contributed by atoms with Crippen LogP contribution in [0.1, 0.15) is 32.0 Å². The Bertz CT molecular complexity index is 3130. The first-order valence-electron chi connectivity index (χ1n) is 19.1. The fraction of sp³-hybridized carbons (Fsp3) is 0.102. The van der Waals surface area contributed by atoms with Crippen LogP contribution in [0.5, 0.6) is 0 Å². The Hall–Kier alpha value is -6.50. The number of H-pyrrole nitrogens is 1. The van der Waals surface area contributed by atoms with Gasteiger partial charge in [-0.05, 0) is 87.1 Å². The molecule has 0 aliphatic carbocycles. The van der Waals surface area contributed by atoms with Crippen LogP contribution in [0.15, 0.2) is 158 Å².